The Balaban J connectivity index is 1.95. The van der Waals surface area contributed by atoms with Crippen LogP contribution in [0, 0.1) is 0 Å². The van der Waals surface area contributed by atoms with Crippen molar-refractivity contribution in [2.24, 2.45) is 5.73 Å². The fourth-order valence-corrected chi connectivity index (χ4v) is 3.17. The van der Waals surface area contributed by atoms with E-state index in [-0.39, 0.29) is 5.54 Å². The predicted octanol–water partition coefficient (Wildman–Crippen LogP) is 2.36. The van der Waals surface area contributed by atoms with Gasteiger partial charge in [0, 0.05) is 18.6 Å². The van der Waals surface area contributed by atoms with E-state index in [2.05, 4.69) is 30.1 Å². The second-order valence-corrected chi connectivity index (χ2v) is 5.52. The lowest BCUT2D eigenvalue weighted by atomic mass is 9.87. The van der Waals surface area contributed by atoms with Crippen molar-refractivity contribution in [2.45, 2.75) is 44.3 Å². The maximum atomic E-state index is 6.50. The average Bonchev–Trinajstić information content (AvgIpc) is 2.82. The summed E-state index contributed by atoms with van der Waals surface area (Å²) < 4.78 is 0. The van der Waals surface area contributed by atoms with Crippen LogP contribution in [0.25, 0.3) is 0 Å². The van der Waals surface area contributed by atoms with Gasteiger partial charge in [0.15, 0.2) is 0 Å². The lowest BCUT2D eigenvalue weighted by Gasteiger charge is -2.24. The van der Waals surface area contributed by atoms with Crippen molar-refractivity contribution in [1.82, 2.24) is 4.90 Å². The molecule has 1 heterocycles. The molecule has 2 aliphatic rings. The molecule has 2 heteroatoms. The molecular weight excluding hydrogens is 196 g/mol. The summed E-state index contributed by atoms with van der Waals surface area (Å²) in [5.41, 5.74) is 10.8. The van der Waals surface area contributed by atoms with Crippen molar-refractivity contribution >= 4 is 0 Å². The van der Waals surface area contributed by atoms with Crippen molar-refractivity contribution in [3.63, 3.8) is 0 Å². The summed E-state index contributed by atoms with van der Waals surface area (Å²) in [4.78, 5) is 2.35. The third-order valence-corrected chi connectivity index (χ3v) is 4.16. The molecule has 0 bridgehead atoms. The first-order chi connectivity index (χ1) is 7.67. The molecule has 86 valence electrons. The van der Waals surface area contributed by atoms with E-state index in [1.807, 2.05) is 0 Å². The van der Waals surface area contributed by atoms with Gasteiger partial charge in [-0.2, -0.15) is 0 Å². The molecule has 2 nitrogen and oxygen atoms in total. The molecule has 0 unspecified atom stereocenters. The molecule has 1 aromatic carbocycles. The molecule has 16 heavy (non-hydrogen) atoms. The van der Waals surface area contributed by atoms with Crippen LogP contribution in [0.3, 0.4) is 0 Å². The third kappa shape index (κ3) is 1.57. The molecule has 0 spiro atoms. The molecular formula is C14H20N2. The third-order valence-electron chi connectivity index (χ3n) is 4.16. The van der Waals surface area contributed by atoms with Crippen LogP contribution >= 0.6 is 0 Å². The Morgan fingerprint density at radius 3 is 2.56 bits per heavy atom. The Morgan fingerprint density at radius 1 is 1.12 bits per heavy atom. The Bertz CT molecular complexity index is 405. The van der Waals surface area contributed by atoms with Crippen LogP contribution in [0.1, 0.15) is 42.4 Å². The van der Waals surface area contributed by atoms with Crippen molar-refractivity contribution in [3.8, 4) is 0 Å². The van der Waals surface area contributed by atoms with E-state index in [0.29, 0.717) is 0 Å². The van der Waals surface area contributed by atoms with Crippen LogP contribution in [0.5, 0.6) is 0 Å². The summed E-state index contributed by atoms with van der Waals surface area (Å²) in [6.07, 6.45) is 4.88. The molecule has 0 atom stereocenters. The second-order valence-electron chi connectivity index (χ2n) is 5.52. The predicted molar refractivity (Wildman–Crippen MR) is 65.9 cm³/mol. The topological polar surface area (TPSA) is 29.3 Å². The maximum absolute atomic E-state index is 6.50. The van der Waals surface area contributed by atoms with Gasteiger partial charge in [0.05, 0.1) is 0 Å². The highest BCUT2D eigenvalue weighted by Crippen LogP contribution is 2.37. The highest BCUT2D eigenvalue weighted by atomic mass is 15.1. The van der Waals surface area contributed by atoms with E-state index in [9.17, 15) is 0 Å². The van der Waals surface area contributed by atoms with Crippen LogP contribution in [-0.4, -0.2) is 11.9 Å². The largest absolute Gasteiger partial charge is 0.321 e. The number of rotatable bonds is 1. The lowest BCUT2D eigenvalue weighted by molar-refractivity contribution is 0.353. The average molecular weight is 216 g/mol. The number of nitrogens with two attached hydrogens (primary N) is 1. The number of fused-ring (bicyclic) bond motifs is 1. The minimum atomic E-state index is -0.0316. The zero-order chi connectivity index (χ0) is 11.2. The van der Waals surface area contributed by atoms with Crippen molar-refractivity contribution in [3.05, 3.63) is 34.9 Å². The summed E-state index contributed by atoms with van der Waals surface area (Å²) in [5, 5.41) is 0. The smallest absolute Gasteiger partial charge is 0.0409 e. The molecule has 1 saturated carbocycles. The van der Waals surface area contributed by atoms with Gasteiger partial charge in [-0.3, -0.25) is 4.90 Å². The van der Waals surface area contributed by atoms with Gasteiger partial charge in [-0.05, 0) is 36.6 Å². The molecule has 1 aliphatic heterocycles. The first kappa shape index (κ1) is 10.3. The van der Waals surface area contributed by atoms with Crippen LogP contribution in [0.15, 0.2) is 18.2 Å². The summed E-state index contributed by atoms with van der Waals surface area (Å²) in [6, 6.07) is 6.88. The molecule has 0 saturated heterocycles. The van der Waals surface area contributed by atoms with Crippen LogP contribution in [-0.2, 0) is 18.6 Å². The molecule has 0 amide bonds. The zero-order valence-corrected chi connectivity index (χ0v) is 10.00. The number of hydrogen-bond donors (Lipinski definition) is 1. The first-order valence-electron chi connectivity index (χ1n) is 6.27. The Hall–Kier alpha value is -0.860. The van der Waals surface area contributed by atoms with Gasteiger partial charge < -0.3 is 5.73 Å². The second kappa shape index (κ2) is 3.57. The quantitative estimate of drug-likeness (QED) is 0.781. The Kier molecular flexibility index (Phi) is 2.30. The number of nitrogens with zero attached hydrogens (tertiary/aromatic N) is 1. The summed E-state index contributed by atoms with van der Waals surface area (Å²) in [6.45, 7) is 2.17. The molecule has 0 radical (unpaired) electrons. The summed E-state index contributed by atoms with van der Waals surface area (Å²) in [5.74, 6) is 0. The van der Waals surface area contributed by atoms with Crippen molar-refractivity contribution in [1.29, 1.82) is 0 Å². The molecule has 1 fully saturated rings. The molecule has 3 rings (SSSR count). The zero-order valence-electron chi connectivity index (χ0n) is 10.00. The Morgan fingerprint density at radius 2 is 1.81 bits per heavy atom. The normalized spacial score (nSPS) is 23.6. The van der Waals surface area contributed by atoms with Gasteiger partial charge in [-0.1, -0.05) is 31.0 Å². The van der Waals surface area contributed by atoms with E-state index in [1.165, 1.54) is 29.5 Å². The van der Waals surface area contributed by atoms with Crippen LogP contribution in [0.2, 0.25) is 0 Å². The van der Waals surface area contributed by atoms with Gasteiger partial charge in [-0.25, -0.2) is 0 Å². The summed E-state index contributed by atoms with van der Waals surface area (Å²) >= 11 is 0. The van der Waals surface area contributed by atoms with Gasteiger partial charge in [0.2, 0.25) is 0 Å². The van der Waals surface area contributed by atoms with Gasteiger partial charge >= 0.3 is 0 Å². The van der Waals surface area contributed by atoms with E-state index < -0.39 is 0 Å². The van der Waals surface area contributed by atoms with E-state index in [0.717, 1.165) is 25.9 Å². The fraction of sp³-hybridized carbons (Fsp3) is 0.571. The van der Waals surface area contributed by atoms with Crippen LogP contribution in [0.4, 0.5) is 0 Å². The van der Waals surface area contributed by atoms with Crippen LogP contribution < -0.4 is 5.73 Å². The highest BCUT2D eigenvalue weighted by Gasteiger charge is 2.32. The van der Waals surface area contributed by atoms with Gasteiger partial charge in [-0.15, -0.1) is 0 Å². The fourth-order valence-electron chi connectivity index (χ4n) is 3.17. The minimum Gasteiger partial charge on any atom is -0.321 e. The highest BCUT2D eigenvalue weighted by molar-refractivity contribution is 5.38. The molecule has 2 N–H and O–H groups in total. The monoisotopic (exact) mass is 216 g/mol. The summed E-state index contributed by atoms with van der Waals surface area (Å²) in [7, 11) is 2.17. The van der Waals surface area contributed by atoms with Gasteiger partial charge in [0.25, 0.3) is 0 Å². The van der Waals surface area contributed by atoms with E-state index in [4.69, 9.17) is 5.73 Å². The number of benzene rings is 1. The first-order valence-corrected chi connectivity index (χ1v) is 6.27. The lowest BCUT2D eigenvalue weighted by Crippen LogP contribution is -2.33. The Labute approximate surface area is 97.4 Å². The van der Waals surface area contributed by atoms with Gasteiger partial charge in [0.1, 0.15) is 0 Å². The van der Waals surface area contributed by atoms with Crippen molar-refractivity contribution in [2.75, 3.05) is 7.05 Å². The standard InChI is InChI=1S/C14H20N2/c1-16-9-11-4-5-13(8-12(11)10-16)14(15)6-2-3-7-14/h4-5,8H,2-3,6-7,9-10,15H2,1H3. The number of hydrogen-bond acceptors (Lipinski definition) is 2. The molecule has 0 aromatic heterocycles. The van der Waals surface area contributed by atoms with Crippen molar-refractivity contribution < 1.29 is 0 Å². The van der Waals surface area contributed by atoms with E-state index >= 15 is 0 Å². The molecule has 1 aliphatic carbocycles. The SMILES string of the molecule is CN1Cc2ccc(C3(N)CCCC3)cc2C1. The molecule has 1 aromatic rings. The van der Waals surface area contributed by atoms with E-state index in [1.54, 1.807) is 0 Å². The maximum Gasteiger partial charge on any atom is 0.0409 e. The minimum absolute atomic E-state index is 0.0316.